The molecule has 0 atom stereocenters. The average Bonchev–Trinajstić information content (AvgIpc) is 2.46. The van der Waals surface area contributed by atoms with Crippen LogP contribution < -0.4 is 5.32 Å². The lowest BCUT2D eigenvalue weighted by atomic mass is 9.83. The molecule has 20 heavy (non-hydrogen) atoms. The first-order valence-electron chi connectivity index (χ1n) is 6.72. The summed E-state index contributed by atoms with van der Waals surface area (Å²) >= 11 is 6.04. The number of nitro groups is 1. The lowest BCUT2D eigenvalue weighted by Crippen LogP contribution is -2.36. The molecule has 1 aromatic rings. The van der Waals surface area contributed by atoms with Gasteiger partial charge in [0, 0.05) is 42.3 Å². The molecule has 0 unspecified atom stereocenters. The third-order valence-corrected chi connectivity index (χ3v) is 4.26. The van der Waals surface area contributed by atoms with Crippen LogP contribution in [0.5, 0.6) is 0 Å². The molecule has 2 N–H and O–H groups in total. The molecule has 0 saturated carbocycles. The zero-order chi connectivity index (χ0) is 15.2. The van der Waals surface area contributed by atoms with Crippen molar-refractivity contribution < 1.29 is 10.0 Å². The van der Waals surface area contributed by atoms with Crippen molar-refractivity contribution in [2.45, 2.75) is 33.2 Å². The van der Waals surface area contributed by atoms with Crippen molar-refractivity contribution in [2.75, 3.05) is 13.2 Å². The van der Waals surface area contributed by atoms with E-state index in [9.17, 15) is 15.2 Å². The van der Waals surface area contributed by atoms with E-state index in [1.807, 2.05) is 13.8 Å². The number of hydrogen-bond acceptors (Lipinski definition) is 4. The number of hydrogen-bond donors (Lipinski definition) is 2. The highest BCUT2D eigenvalue weighted by Gasteiger charge is 2.24. The first-order valence-corrected chi connectivity index (χ1v) is 7.10. The maximum absolute atomic E-state index is 10.7. The zero-order valence-electron chi connectivity index (χ0n) is 11.9. The van der Waals surface area contributed by atoms with Crippen LogP contribution >= 0.6 is 11.6 Å². The van der Waals surface area contributed by atoms with E-state index in [2.05, 4.69) is 5.32 Å². The van der Waals surface area contributed by atoms with Gasteiger partial charge in [-0.1, -0.05) is 25.4 Å². The van der Waals surface area contributed by atoms with E-state index >= 15 is 0 Å². The second kappa shape index (κ2) is 7.57. The van der Waals surface area contributed by atoms with Gasteiger partial charge in [0.2, 0.25) is 0 Å². The molecule has 0 aromatic heterocycles. The van der Waals surface area contributed by atoms with Crippen LogP contribution in [0.4, 0.5) is 5.69 Å². The molecule has 0 aliphatic rings. The van der Waals surface area contributed by atoms with Gasteiger partial charge in [0.25, 0.3) is 5.69 Å². The fourth-order valence-electron chi connectivity index (χ4n) is 2.05. The van der Waals surface area contributed by atoms with Crippen molar-refractivity contribution >= 4 is 17.3 Å². The zero-order valence-corrected chi connectivity index (χ0v) is 12.6. The molecule has 0 saturated heterocycles. The standard InChI is InChI=1S/C14H21ClN2O3/c1-3-14(4-2,10-18)9-16-8-11-7-12(17(19)20)5-6-13(11)15/h5-7,16,18H,3-4,8-10H2,1-2H3. The van der Waals surface area contributed by atoms with Crippen LogP contribution in [0, 0.1) is 15.5 Å². The summed E-state index contributed by atoms with van der Waals surface area (Å²) in [6.45, 7) is 5.30. The number of non-ortho nitro benzene ring substituents is 1. The Hall–Kier alpha value is -1.17. The molecule has 0 aliphatic heterocycles. The molecular weight excluding hydrogens is 280 g/mol. The van der Waals surface area contributed by atoms with Crippen molar-refractivity contribution in [3.63, 3.8) is 0 Å². The Morgan fingerprint density at radius 1 is 1.40 bits per heavy atom. The molecule has 1 aromatic carbocycles. The van der Waals surface area contributed by atoms with Crippen LogP contribution in [0.1, 0.15) is 32.3 Å². The summed E-state index contributed by atoms with van der Waals surface area (Å²) in [5.41, 5.74) is 0.582. The fraction of sp³-hybridized carbons (Fsp3) is 0.571. The van der Waals surface area contributed by atoms with Crippen LogP contribution in [0.25, 0.3) is 0 Å². The maximum Gasteiger partial charge on any atom is 0.269 e. The summed E-state index contributed by atoms with van der Waals surface area (Å²) < 4.78 is 0. The van der Waals surface area contributed by atoms with Crippen molar-refractivity contribution in [2.24, 2.45) is 5.41 Å². The monoisotopic (exact) mass is 300 g/mol. The van der Waals surface area contributed by atoms with Gasteiger partial charge in [-0.05, 0) is 24.5 Å². The molecule has 0 aliphatic carbocycles. The SMILES string of the molecule is CCC(CC)(CO)CNCc1cc([N+](=O)[O-])ccc1Cl. The fourth-order valence-corrected chi connectivity index (χ4v) is 2.24. The Morgan fingerprint density at radius 3 is 2.55 bits per heavy atom. The molecular formula is C14H21ClN2O3. The van der Waals surface area contributed by atoms with Gasteiger partial charge in [0.1, 0.15) is 0 Å². The summed E-state index contributed by atoms with van der Waals surface area (Å²) in [6.07, 6.45) is 1.74. The highest BCUT2D eigenvalue weighted by Crippen LogP contribution is 2.25. The number of nitro benzene ring substituents is 1. The van der Waals surface area contributed by atoms with E-state index in [1.165, 1.54) is 18.2 Å². The molecule has 6 heteroatoms. The number of rotatable bonds is 8. The lowest BCUT2D eigenvalue weighted by Gasteiger charge is -2.29. The highest BCUT2D eigenvalue weighted by molar-refractivity contribution is 6.31. The first kappa shape index (κ1) is 16.9. The smallest absolute Gasteiger partial charge is 0.269 e. The summed E-state index contributed by atoms with van der Waals surface area (Å²) in [7, 11) is 0. The van der Waals surface area contributed by atoms with E-state index < -0.39 is 4.92 Å². The average molecular weight is 301 g/mol. The normalized spacial score (nSPS) is 11.6. The third kappa shape index (κ3) is 4.16. The van der Waals surface area contributed by atoms with Crippen molar-refractivity contribution in [3.05, 3.63) is 38.9 Å². The Labute approximate surface area is 124 Å². The molecule has 112 valence electrons. The van der Waals surface area contributed by atoms with E-state index in [4.69, 9.17) is 11.6 Å². The molecule has 0 bridgehead atoms. The van der Waals surface area contributed by atoms with Gasteiger partial charge < -0.3 is 10.4 Å². The van der Waals surface area contributed by atoms with Crippen LogP contribution in [0.15, 0.2) is 18.2 Å². The lowest BCUT2D eigenvalue weighted by molar-refractivity contribution is -0.384. The maximum atomic E-state index is 10.7. The van der Waals surface area contributed by atoms with Crippen LogP contribution in [0.3, 0.4) is 0 Å². The minimum atomic E-state index is -0.435. The van der Waals surface area contributed by atoms with Gasteiger partial charge in [-0.25, -0.2) is 0 Å². The first-order chi connectivity index (χ1) is 9.48. The Morgan fingerprint density at radius 2 is 2.05 bits per heavy atom. The van der Waals surface area contributed by atoms with Gasteiger partial charge in [-0.15, -0.1) is 0 Å². The third-order valence-electron chi connectivity index (χ3n) is 3.89. The largest absolute Gasteiger partial charge is 0.396 e. The number of benzene rings is 1. The van der Waals surface area contributed by atoms with Crippen LogP contribution in [0.2, 0.25) is 5.02 Å². The molecule has 0 fully saturated rings. The van der Waals surface area contributed by atoms with Gasteiger partial charge in [0.15, 0.2) is 0 Å². The number of halogens is 1. The molecule has 1 rings (SSSR count). The molecule has 0 heterocycles. The van der Waals surface area contributed by atoms with Gasteiger partial charge in [0.05, 0.1) is 4.92 Å². The number of aliphatic hydroxyl groups is 1. The Balaban J connectivity index is 2.70. The van der Waals surface area contributed by atoms with Crippen molar-refractivity contribution in [3.8, 4) is 0 Å². The Bertz CT molecular complexity index is 453. The predicted octanol–water partition coefficient (Wildman–Crippen LogP) is 3.14. The molecule has 5 nitrogen and oxygen atoms in total. The topological polar surface area (TPSA) is 75.4 Å². The number of nitrogens with zero attached hydrogens (tertiary/aromatic N) is 1. The predicted molar refractivity (Wildman–Crippen MR) is 79.9 cm³/mol. The van der Waals surface area contributed by atoms with Gasteiger partial charge in [-0.2, -0.15) is 0 Å². The minimum absolute atomic E-state index is 0.0330. The summed E-state index contributed by atoms with van der Waals surface area (Å²) in [5, 5.41) is 24.0. The quantitative estimate of drug-likeness (QED) is 0.571. The van der Waals surface area contributed by atoms with Crippen molar-refractivity contribution in [1.82, 2.24) is 5.32 Å². The summed E-state index contributed by atoms with van der Waals surface area (Å²) in [5.74, 6) is 0. The number of nitrogens with one attached hydrogen (secondary N) is 1. The summed E-state index contributed by atoms with van der Waals surface area (Å²) in [4.78, 5) is 10.3. The second-order valence-electron chi connectivity index (χ2n) is 5.00. The molecule has 0 amide bonds. The Kier molecular flexibility index (Phi) is 6.39. The van der Waals surface area contributed by atoms with E-state index in [0.717, 1.165) is 12.8 Å². The number of aliphatic hydroxyl groups excluding tert-OH is 1. The minimum Gasteiger partial charge on any atom is -0.396 e. The second-order valence-corrected chi connectivity index (χ2v) is 5.41. The van der Waals surface area contributed by atoms with E-state index in [-0.39, 0.29) is 17.7 Å². The van der Waals surface area contributed by atoms with Gasteiger partial charge in [-0.3, -0.25) is 10.1 Å². The van der Waals surface area contributed by atoms with E-state index in [1.54, 1.807) is 0 Å². The van der Waals surface area contributed by atoms with Crippen LogP contribution in [-0.4, -0.2) is 23.2 Å². The van der Waals surface area contributed by atoms with E-state index in [0.29, 0.717) is 23.7 Å². The van der Waals surface area contributed by atoms with Gasteiger partial charge >= 0.3 is 0 Å². The van der Waals surface area contributed by atoms with Crippen LogP contribution in [-0.2, 0) is 6.54 Å². The highest BCUT2D eigenvalue weighted by atomic mass is 35.5. The van der Waals surface area contributed by atoms with Crippen molar-refractivity contribution in [1.29, 1.82) is 0 Å². The summed E-state index contributed by atoms with van der Waals surface area (Å²) in [6, 6.07) is 4.41. The molecule has 0 spiro atoms. The molecule has 0 radical (unpaired) electrons.